The lowest BCUT2D eigenvalue weighted by atomic mass is 10.1. The van der Waals surface area contributed by atoms with E-state index in [-0.39, 0.29) is 12.1 Å². The Morgan fingerprint density at radius 3 is 2.69 bits per heavy atom. The van der Waals surface area contributed by atoms with E-state index < -0.39 is 0 Å². The third-order valence-corrected chi connectivity index (χ3v) is 7.66. The standard InChI is InChI=1S/C25H31ClN8O/c1-16-12-32(17(2)11-31(16)13-19-6-8-20(26)9-7-19)23-22-24(34-15-27-30-25(34)29-23)33(18(3)28-22)14-21-5-4-10-35-21/h6-9,15-17,21H,4-5,10-14H2,1-3H3/t16-,17+,21+/m1/s1. The predicted molar refractivity (Wildman–Crippen MR) is 136 cm³/mol. The lowest BCUT2D eigenvalue weighted by molar-refractivity contribution is 0.0972. The normalized spacial score (nSPS) is 23.7. The number of hydrogen-bond donors (Lipinski definition) is 0. The van der Waals surface area contributed by atoms with E-state index in [1.54, 1.807) is 6.33 Å². The third-order valence-electron chi connectivity index (χ3n) is 7.40. The van der Waals surface area contributed by atoms with E-state index in [2.05, 4.69) is 57.5 Å². The molecular formula is C25H31ClN8O. The summed E-state index contributed by atoms with van der Waals surface area (Å²) in [5.74, 6) is 2.45. The maximum Gasteiger partial charge on any atom is 0.258 e. The van der Waals surface area contributed by atoms with Gasteiger partial charge in [-0.2, -0.15) is 4.98 Å². The summed E-state index contributed by atoms with van der Waals surface area (Å²) in [6, 6.07) is 8.77. The molecule has 0 bridgehead atoms. The zero-order valence-corrected chi connectivity index (χ0v) is 21.2. The molecule has 35 heavy (non-hydrogen) atoms. The Morgan fingerprint density at radius 2 is 1.91 bits per heavy atom. The molecule has 5 heterocycles. The Labute approximate surface area is 209 Å². The van der Waals surface area contributed by atoms with Crippen molar-refractivity contribution in [3.8, 4) is 0 Å². The number of fused-ring (bicyclic) bond motifs is 3. The number of benzene rings is 1. The van der Waals surface area contributed by atoms with Crippen molar-refractivity contribution in [1.82, 2.24) is 34.0 Å². The number of imidazole rings is 1. The number of nitrogens with zero attached hydrogens (tertiary/aromatic N) is 8. The predicted octanol–water partition coefficient (Wildman–Crippen LogP) is 3.71. The second-order valence-corrected chi connectivity index (χ2v) is 10.4. The molecule has 1 aromatic carbocycles. The minimum absolute atomic E-state index is 0.213. The lowest BCUT2D eigenvalue weighted by Crippen LogP contribution is -2.56. The van der Waals surface area contributed by atoms with Crippen molar-refractivity contribution < 1.29 is 4.74 Å². The Bertz CT molecular complexity index is 1340. The van der Waals surface area contributed by atoms with Crippen molar-refractivity contribution in [2.45, 2.75) is 64.9 Å². The topological polar surface area (TPSA) is 76.6 Å². The van der Waals surface area contributed by atoms with Crippen LogP contribution in [0.3, 0.4) is 0 Å². The first-order valence-corrected chi connectivity index (χ1v) is 12.8. The number of ether oxygens (including phenoxy) is 1. The fraction of sp³-hybridized carbons (Fsp3) is 0.520. The van der Waals surface area contributed by atoms with Crippen LogP contribution in [0.4, 0.5) is 5.82 Å². The van der Waals surface area contributed by atoms with Gasteiger partial charge in [-0.25, -0.2) is 9.38 Å². The molecule has 6 rings (SSSR count). The molecule has 3 aromatic heterocycles. The molecule has 2 aliphatic rings. The molecule has 3 atom stereocenters. The molecule has 0 radical (unpaired) electrons. The SMILES string of the molecule is Cc1nc2c(N3C[C@@H](C)N(Cc4ccc(Cl)cc4)C[C@@H]3C)nc3nncn3c2n1C[C@@H]1CCCO1. The molecule has 184 valence electrons. The third kappa shape index (κ3) is 4.15. The second-order valence-electron chi connectivity index (χ2n) is 9.92. The minimum atomic E-state index is 0.213. The molecule has 0 N–H and O–H groups in total. The fourth-order valence-corrected chi connectivity index (χ4v) is 5.62. The molecule has 9 nitrogen and oxygen atoms in total. The van der Waals surface area contributed by atoms with Crippen LogP contribution in [0.2, 0.25) is 5.02 Å². The van der Waals surface area contributed by atoms with E-state index >= 15 is 0 Å². The first-order valence-electron chi connectivity index (χ1n) is 12.4. The smallest absolute Gasteiger partial charge is 0.258 e. The Balaban J connectivity index is 1.34. The molecule has 2 aliphatic heterocycles. The maximum absolute atomic E-state index is 6.08. The average Bonchev–Trinajstić information content (AvgIpc) is 3.58. The summed E-state index contributed by atoms with van der Waals surface area (Å²) < 4.78 is 10.1. The van der Waals surface area contributed by atoms with Gasteiger partial charge in [0.2, 0.25) is 0 Å². The van der Waals surface area contributed by atoms with Crippen molar-refractivity contribution in [3.63, 3.8) is 0 Å². The molecule has 2 saturated heterocycles. The van der Waals surface area contributed by atoms with Gasteiger partial charge in [-0.15, -0.1) is 10.2 Å². The van der Waals surface area contributed by atoms with Gasteiger partial charge in [0.05, 0.1) is 12.6 Å². The Morgan fingerprint density at radius 1 is 1.09 bits per heavy atom. The van der Waals surface area contributed by atoms with Crippen molar-refractivity contribution >= 4 is 34.4 Å². The summed E-state index contributed by atoms with van der Waals surface area (Å²) in [6.07, 6.45) is 4.13. The van der Waals surface area contributed by atoms with Crippen molar-refractivity contribution in [2.24, 2.45) is 0 Å². The molecule has 0 saturated carbocycles. The highest BCUT2D eigenvalue weighted by molar-refractivity contribution is 6.30. The van der Waals surface area contributed by atoms with Crippen LogP contribution < -0.4 is 4.90 Å². The maximum atomic E-state index is 6.08. The molecule has 0 unspecified atom stereocenters. The molecule has 0 spiro atoms. The number of rotatable bonds is 5. The van der Waals surface area contributed by atoms with Gasteiger partial charge in [-0.3, -0.25) is 4.90 Å². The highest BCUT2D eigenvalue weighted by Crippen LogP contribution is 2.31. The van der Waals surface area contributed by atoms with Gasteiger partial charge in [-0.05, 0) is 51.3 Å². The highest BCUT2D eigenvalue weighted by Gasteiger charge is 2.33. The van der Waals surface area contributed by atoms with Gasteiger partial charge in [0.1, 0.15) is 17.7 Å². The summed E-state index contributed by atoms with van der Waals surface area (Å²) in [5, 5.41) is 9.24. The first kappa shape index (κ1) is 22.7. The van der Waals surface area contributed by atoms with E-state index in [1.807, 2.05) is 16.5 Å². The Kier molecular flexibility index (Phi) is 5.86. The summed E-state index contributed by atoms with van der Waals surface area (Å²) in [5.41, 5.74) is 3.17. The summed E-state index contributed by atoms with van der Waals surface area (Å²) in [7, 11) is 0. The van der Waals surface area contributed by atoms with Crippen LogP contribution in [0.5, 0.6) is 0 Å². The van der Waals surface area contributed by atoms with E-state index in [9.17, 15) is 0 Å². The van der Waals surface area contributed by atoms with Crippen molar-refractivity contribution in [1.29, 1.82) is 0 Å². The Hall–Kier alpha value is -2.75. The minimum Gasteiger partial charge on any atom is -0.376 e. The van der Waals surface area contributed by atoms with Crippen LogP contribution in [0.1, 0.15) is 38.1 Å². The van der Waals surface area contributed by atoms with E-state index in [0.29, 0.717) is 11.8 Å². The van der Waals surface area contributed by atoms with E-state index in [1.165, 1.54) is 5.56 Å². The molecule has 10 heteroatoms. The second kappa shape index (κ2) is 9.04. The molecular weight excluding hydrogens is 464 g/mol. The van der Waals surface area contributed by atoms with Crippen LogP contribution in [0.15, 0.2) is 30.6 Å². The van der Waals surface area contributed by atoms with Gasteiger partial charge >= 0.3 is 0 Å². The monoisotopic (exact) mass is 494 g/mol. The van der Waals surface area contributed by atoms with Crippen LogP contribution in [-0.4, -0.2) is 71.9 Å². The van der Waals surface area contributed by atoms with Gasteiger partial charge < -0.3 is 14.2 Å². The molecule has 0 amide bonds. The van der Waals surface area contributed by atoms with Crippen molar-refractivity contribution in [2.75, 3.05) is 24.6 Å². The number of aryl methyl sites for hydroxylation is 1. The van der Waals surface area contributed by atoms with Crippen molar-refractivity contribution in [3.05, 3.63) is 47.0 Å². The summed E-state index contributed by atoms with van der Waals surface area (Å²) in [6.45, 7) is 10.9. The van der Waals surface area contributed by atoms with E-state index in [0.717, 1.165) is 73.5 Å². The number of halogens is 1. The fourth-order valence-electron chi connectivity index (χ4n) is 5.50. The van der Waals surface area contributed by atoms with Gasteiger partial charge in [0, 0.05) is 43.3 Å². The number of piperazine rings is 1. The van der Waals surface area contributed by atoms with Crippen LogP contribution >= 0.6 is 11.6 Å². The molecule has 4 aromatic rings. The molecule has 2 fully saturated rings. The van der Waals surface area contributed by atoms with Gasteiger partial charge in [0.15, 0.2) is 11.5 Å². The van der Waals surface area contributed by atoms with Crippen LogP contribution in [-0.2, 0) is 17.8 Å². The van der Waals surface area contributed by atoms with Gasteiger partial charge in [0.25, 0.3) is 5.78 Å². The first-order chi connectivity index (χ1) is 17.0. The van der Waals surface area contributed by atoms with Crippen LogP contribution in [0, 0.1) is 6.92 Å². The number of anilines is 1. The zero-order valence-electron chi connectivity index (χ0n) is 20.4. The van der Waals surface area contributed by atoms with Crippen LogP contribution in [0.25, 0.3) is 16.9 Å². The summed E-state index contributed by atoms with van der Waals surface area (Å²) in [4.78, 5) is 14.9. The lowest BCUT2D eigenvalue weighted by Gasteiger charge is -2.44. The quantitative estimate of drug-likeness (QED) is 0.418. The zero-order chi connectivity index (χ0) is 24.1. The van der Waals surface area contributed by atoms with E-state index in [4.69, 9.17) is 26.3 Å². The highest BCUT2D eigenvalue weighted by atomic mass is 35.5. The largest absolute Gasteiger partial charge is 0.376 e. The summed E-state index contributed by atoms with van der Waals surface area (Å²) >= 11 is 6.08. The number of aromatic nitrogens is 6. The van der Waals surface area contributed by atoms with Gasteiger partial charge in [-0.1, -0.05) is 23.7 Å². The average molecular weight is 495 g/mol. The number of hydrogen-bond acceptors (Lipinski definition) is 7. The molecule has 0 aliphatic carbocycles.